The van der Waals surface area contributed by atoms with Gasteiger partial charge in [-0.3, -0.25) is 9.48 Å². The third-order valence-corrected chi connectivity index (χ3v) is 5.90. The Morgan fingerprint density at radius 3 is 2.69 bits per heavy atom. The van der Waals surface area contributed by atoms with Crippen LogP contribution < -0.4 is 14.8 Å². The predicted molar refractivity (Wildman–Crippen MR) is 136 cm³/mol. The van der Waals surface area contributed by atoms with Gasteiger partial charge in [-0.2, -0.15) is 5.10 Å². The molecule has 184 valence electrons. The van der Waals surface area contributed by atoms with Crippen molar-refractivity contribution < 1.29 is 14.3 Å². The van der Waals surface area contributed by atoms with Crippen molar-refractivity contribution in [1.82, 2.24) is 24.5 Å². The summed E-state index contributed by atoms with van der Waals surface area (Å²) in [5.41, 5.74) is 1.39. The van der Waals surface area contributed by atoms with Crippen LogP contribution in [-0.4, -0.2) is 37.1 Å². The quantitative estimate of drug-likeness (QED) is 0.265. The van der Waals surface area contributed by atoms with Gasteiger partial charge in [-0.1, -0.05) is 6.08 Å². The van der Waals surface area contributed by atoms with E-state index in [9.17, 15) is 4.79 Å². The molecule has 0 spiro atoms. The van der Waals surface area contributed by atoms with E-state index in [1.165, 1.54) is 0 Å². The van der Waals surface area contributed by atoms with Crippen LogP contribution in [0.1, 0.15) is 35.4 Å². The van der Waals surface area contributed by atoms with Crippen molar-refractivity contribution in [3.63, 3.8) is 0 Å². The molecule has 2 aromatic heterocycles. The molecule has 9 nitrogen and oxygen atoms in total. The Bertz CT molecular complexity index is 1370. The van der Waals surface area contributed by atoms with E-state index in [4.69, 9.17) is 9.47 Å². The molecule has 2 aromatic carbocycles. The molecule has 0 saturated carbocycles. The van der Waals surface area contributed by atoms with Crippen molar-refractivity contribution >= 4 is 11.7 Å². The lowest BCUT2D eigenvalue weighted by molar-refractivity contribution is 0.102. The van der Waals surface area contributed by atoms with Gasteiger partial charge in [0.1, 0.15) is 23.1 Å². The van der Waals surface area contributed by atoms with Crippen molar-refractivity contribution in [3.8, 4) is 28.6 Å². The number of anilines is 1. The summed E-state index contributed by atoms with van der Waals surface area (Å²) in [6, 6.07) is 14.6. The van der Waals surface area contributed by atoms with Crippen molar-refractivity contribution in [2.24, 2.45) is 7.05 Å². The SMILES string of the molecule is C=CCCOc1cc(Oc2ccc(-c3nnc4n3CCCC4)cc2)cc(C(=O)Nc2ccn(C)n2)c1. The summed E-state index contributed by atoms with van der Waals surface area (Å²) in [6.45, 7) is 5.11. The van der Waals surface area contributed by atoms with Gasteiger partial charge in [0.2, 0.25) is 0 Å². The second kappa shape index (κ2) is 10.5. The molecule has 0 saturated heterocycles. The topological polar surface area (TPSA) is 96.1 Å². The molecule has 0 bridgehead atoms. The van der Waals surface area contributed by atoms with E-state index in [1.54, 1.807) is 48.3 Å². The first-order chi connectivity index (χ1) is 17.6. The number of hydrogen-bond acceptors (Lipinski definition) is 6. The fourth-order valence-corrected chi connectivity index (χ4v) is 4.11. The third-order valence-electron chi connectivity index (χ3n) is 5.90. The number of ether oxygens (including phenoxy) is 2. The molecule has 0 unspecified atom stereocenters. The number of amides is 1. The second-order valence-electron chi connectivity index (χ2n) is 8.62. The number of aryl methyl sites for hydroxylation is 2. The summed E-state index contributed by atoms with van der Waals surface area (Å²) in [7, 11) is 1.79. The third kappa shape index (κ3) is 5.30. The Morgan fingerprint density at radius 2 is 1.92 bits per heavy atom. The predicted octanol–water partition coefficient (Wildman–Crippen LogP) is 5.01. The van der Waals surface area contributed by atoms with Crippen LogP contribution in [0.3, 0.4) is 0 Å². The van der Waals surface area contributed by atoms with Gasteiger partial charge in [-0.15, -0.1) is 16.8 Å². The molecule has 4 aromatic rings. The minimum Gasteiger partial charge on any atom is -0.493 e. The van der Waals surface area contributed by atoms with Gasteiger partial charge in [-0.05, 0) is 55.7 Å². The lowest BCUT2D eigenvalue weighted by Crippen LogP contribution is -2.13. The summed E-state index contributed by atoms with van der Waals surface area (Å²) in [5.74, 6) is 3.74. The monoisotopic (exact) mass is 484 g/mol. The maximum absolute atomic E-state index is 12.9. The zero-order valence-electron chi connectivity index (χ0n) is 20.2. The van der Waals surface area contributed by atoms with Gasteiger partial charge in [0.15, 0.2) is 11.6 Å². The molecule has 1 aliphatic heterocycles. The summed E-state index contributed by atoms with van der Waals surface area (Å²) in [4.78, 5) is 12.9. The summed E-state index contributed by atoms with van der Waals surface area (Å²) < 4.78 is 15.7. The molecule has 1 aliphatic rings. The van der Waals surface area contributed by atoms with Crippen molar-refractivity contribution in [2.45, 2.75) is 32.2 Å². The van der Waals surface area contributed by atoms with Crippen LogP contribution in [-0.2, 0) is 20.0 Å². The molecular formula is C27H28N6O3. The number of benzene rings is 2. The van der Waals surface area contributed by atoms with E-state index in [0.717, 1.165) is 43.0 Å². The first-order valence-electron chi connectivity index (χ1n) is 12.0. The molecule has 0 aliphatic carbocycles. The maximum Gasteiger partial charge on any atom is 0.257 e. The number of aromatic nitrogens is 5. The first-order valence-corrected chi connectivity index (χ1v) is 12.0. The van der Waals surface area contributed by atoms with Gasteiger partial charge in [0, 0.05) is 49.5 Å². The zero-order chi connectivity index (χ0) is 24.9. The molecule has 3 heterocycles. The van der Waals surface area contributed by atoms with Crippen molar-refractivity contribution in [3.05, 3.63) is 78.8 Å². The highest BCUT2D eigenvalue weighted by molar-refractivity contribution is 6.04. The number of rotatable bonds is 9. The van der Waals surface area contributed by atoms with Crippen LogP contribution in [0.2, 0.25) is 0 Å². The van der Waals surface area contributed by atoms with E-state index >= 15 is 0 Å². The average Bonchev–Trinajstić information content (AvgIpc) is 3.50. The normalized spacial score (nSPS) is 12.6. The molecule has 36 heavy (non-hydrogen) atoms. The Labute approximate surface area is 209 Å². The smallest absolute Gasteiger partial charge is 0.257 e. The molecule has 1 amide bonds. The van der Waals surface area contributed by atoms with Crippen LogP contribution in [0, 0.1) is 0 Å². The van der Waals surface area contributed by atoms with Gasteiger partial charge < -0.3 is 19.4 Å². The van der Waals surface area contributed by atoms with Gasteiger partial charge in [-0.25, -0.2) is 0 Å². The largest absolute Gasteiger partial charge is 0.493 e. The van der Waals surface area contributed by atoms with Crippen LogP contribution >= 0.6 is 0 Å². The van der Waals surface area contributed by atoms with Crippen LogP contribution in [0.25, 0.3) is 11.4 Å². The van der Waals surface area contributed by atoms with Gasteiger partial charge in [0.05, 0.1) is 6.61 Å². The lowest BCUT2D eigenvalue weighted by atomic mass is 10.1. The number of hydrogen-bond donors (Lipinski definition) is 1. The Hall–Kier alpha value is -4.40. The van der Waals surface area contributed by atoms with E-state index in [-0.39, 0.29) is 5.91 Å². The van der Waals surface area contributed by atoms with Crippen molar-refractivity contribution in [1.29, 1.82) is 0 Å². The number of carbonyl (C=O) groups excluding carboxylic acids is 1. The van der Waals surface area contributed by atoms with E-state index in [0.29, 0.717) is 41.7 Å². The highest BCUT2D eigenvalue weighted by Crippen LogP contribution is 2.30. The Kier molecular flexibility index (Phi) is 6.79. The highest BCUT2D eigenvalue weighted by Gasteiger charge is 2.17. The fraction of sp³-hybridized carbons (Fsp3) is 0.259. The van der Waals surface area contributed by atoms with Gasteiger partial charge in [0.25, 0.3) is 5.91 Å². The maximum atomic E-state index is 12.9. The summed E-state index contributed by atoms with van der Waals surface area (Å²) in [5, 5.41) is 15.7. The van der Waals surface area contributed by atoms with Gasteiger partial charge >= 0.3 is 0 Å². The Balaban J connectivity index is 1.36. The second-order valence-corrected chi connectivity index (χ2v) is 8.62. The standard InChI is InChI=1S/C27H28N6O3/c1-3-4-15-35-22-16-20(27(34)28-24-12-14-32(2)31-24)17-23(18-22)36-21-10-8-19(9-11-21)26-30-29-25-7-5-6-13-33(25)26/h3,8-12,14,16-18H,1,4-7,13,15H2,2H3,(H,28,31,34). The number of nitrogens with zero attached hydrogens (tertiary/aromatic N) is 5. The number of fused-ring (bicyclic) bond motifs is 1. The van der Waals surface area contributed by atoms with Crippen LogP contribution in [0.15, 0.2) is 67.4 Å². The number of carbonyl (C=O) groups is 1. The molecule has 0 fully saturated rings. The molecule has 5 rings (SSSR count). The fourth-order valence-electron chi connectivity index (χ4n) is 4.11. The van der Waals surface area contributed by atoms with Crippen molar-refractivity contribution in [2.75, 3.05) is 11.9 Å². The highest BCUT2D eigenvalue weighted by atomic mass is 16.5. The molecule has 0 atom stereocenters. The molecular weight excluding hydrogens is 456 g/mol. The first kappa shape index (κ1) is 23.3. The van der Waals surface area contributed by atoms with E-state index in [1.807, 2.05) is 24.3 Å². The minimum atomic E-state index is -0.306. The molecule has 0 radical (unpaired) electrons. The zero-order valence-corrected chi connectivity index (χ0v) is 20.2. The van der Waals surface area contributed by atoms with E-state index in [2.05, 4.69) is 31.8 Å². The lowest BCUT2D eigenvalue weighted by Gasteiger charge is -2.15. The molecule has 1 N–H and O–H groups in total. The average molecular weight is 485 g/mol. The Morgan fingerprint density at radius 1 is 1.08 bits per heavy atom. The van der Waals surface area contributed by atoms with Crippen LogP contribution in [0.4, 0.5) is 5.82 Å². The van der Waals surface area contributed by atoms with Crippen LogP contribution in [0.5, 0.6) is 17.2 Å². The van der Waals surface area contributed by atoms with E-state index < -0.39 is 0 Å². The number of nitrogens with one attached hydrogen (secondary N) is 1. The summed E-state index contributed by atoms with van der Waals surface area (Å²) >= 11 is 0. The summed E-state index contributed by atoms with van der Waals surface area (Å²) in [6.07, 6.45) is 7.49. The molecule has 9 heteroatoms. The minimum absolute atomic E-state index is 0.306.